The Labute approximate surface area is 165 Å². The number of ether oxygens (including phenoxy) is 1. The fraction of sp³-hybridized carbons (Fsp3) is 0.318. The predicted molar refractivity (Wildman–Crippen MR) is 109 cm³/mol. The number of rotatable bonds is 9. The lowest BCUT2D eigenvalue weighted by Gasteiger charge is -2.21. The Morgan fingerprint density at radius 3 is 2.36 bits per heavy atom. The second-order valence-corrected chi connectivity index (χ2v) is 6.48. The number of Topliss-reactive ketones (excluding diaryl/α,β-unsaturated/α-hetero) is 1. The standard InChI is InChI=1S/C22H26N2O4/c1-16(25)19-7-9-20(10-8-19)24(17(2)26)14-12-22(27)23-13-11-18-5-4-6-21(15-18)28-3/h4-10,15H,11-14H2,1-3H3,(H,23,27). The van der Waals surface area contributed by atoms with E-state index in [0.717, 1.165) is 11.3 Å². The molecule has 0 saturated carbocycles. The highest BCUT2D eigenvalue weighted by Crippen LogP contribution is 2.16. The zero-order chi connectivity index (χ0) is 20.5. The van der Waals surface area contributed by atoms with Gasteiger partial charge < -0.3 is 15.0 Å². The van der Waals surface area contributed by atoms with E-state index in [1.807, 2.05) is 24.3 Å². The number of nitrogens with one attached hydrogen (secondary N) is 1. The second-order valence-electron chi connectivity index (χ2n) is 6.48. The van der Waals surface area contributed by atoms with E-state index in [-0.39, 0.29) is 30.6 Å². The van der Waals surface area contributed by atoms with Crippen LogP contribution in [0.25, 0.3) is 0 Å². The largest absolute Gasteiger partial charge is 0.497 e. The van der Waals surface area contributed by atoms with Crippen LogP contribution in [0.2, 0.25) is 0 Å². The van der Waals surface area contributed by atoms with Crippen LogP contribution in [0.4, 0.5) is 5.69 Å². The molecule has 2 rings (SSSR count). The Hall–Kier alpha value is -3.15. The lowest BCUT2D eigenvalue weighted by molar-refractivity contribution is -0.121. The van der Waals surface area contributed by atoms with Crippen molar-refractivity contribution in [2.24, 2.45) is 0 Å². The van der Waals surface area contributed by atoms with Gasteiger partial charge >= 0.3 is 0 Å². The van der Waals surface area contributed by atoms with Gasteiger partial charge in [0.25, 0.3) is 0 Å². The van der Waals surface area contributed by atoms with E-state index < -0.39 is 0 Å². The molecular weight excluding hydrogens is 356 g/mol. The highest BCUT2D eigenvalue weighted by molar-refractivity contribution is 5.96. The Morgan fingerprint density at radius 1 is 1.04 bits per heavy atom. The topological polar surface area (TPSA) is 75.7 Å². The minimum Gasteiger partial charge on any atom is -0.497 e. The van der Waals surface area contributed by atoms with Crippen molar-refractivity contribution >= 4 is 23.3 Å². The van der Waals surface area contributed by atoms with Crippen molar-refractivity contribution in [3.8, 4) is 5.75 Å². The molecule has 2 aromatic carbocycles. The first kappa shape index (κ1) is 21.2. The number of methoxy groups -OCH3 is 1. The fourth-order valence-electron chi connectivity index (χ4n) is 2.82. The molecule has 2 amide bonds. The highest BCUT2D eigenvalue weighted by Gasteiger charge is 2.14. The minimum atomic E-state index is -0.153. The first-order valence-electron chi connectivity index (χ1n) is 9.19. The zero-order valence-corrected chi connectivity index (χ0v) is 16.5. The molecule has 0 saturated heterocycles. The first-order chi connectivity index (χ1) is 13.4. The van der Waals surface area contributed by atoms with Gasteiger partial charge in [-0.3, -0.25) is 14.4 Å². The van der Waals surface area contributed by atoms with Crippen LogP contribution in [-0.4, -0.2) is 37.8 Å². The Kier molecular flexibility index (Phi) is 7.75. The molecule has 6 nitrogen and oxygen atoms in total. The van der Waals surface area contributed by atoms with Gasteiger partial charge in [-0.2, -0.15) is 0 Å². The van der Waals surface area contributed by atoms with Crippen LogP contribution in [-0.2, 0) is 16.0 Å². The third kappa shape index (κ3) is 6.23. The maximum absolute atomic E-state index is 12.1. The Balaban J connectivity index is 1.84. The zero-order valence-electron chi connectivity index (χ0n) is 16.5. The van der Waals surface area contributed by atoms with Gasteiger partial charge in [-0.05, 0) is 55.3 Å². The van der Waals surface area contributed by atoms with Crippen molar-refractivity contribution in [1.82, 2.24) is 5.32 Å². The maximum Gasteiger partial charge on any atom is 0.223 e. The molecule has 0 aliphatic heterocycles. The smallest absolute Gasteiger partial charge is 0.223 e. The van der Waals surface area contributed by atoms with Crippen molar-refractivity contribution in [2.75, 3.05) is 25.1 Å². The third-order valence-electron chi connectivity index (χ3n) is 4.40. The molecule has 0 unspecified atom stereocenters. The number of hydrogen-bond acceptors (Lipinski definition) is 4. The van der Waals surface area contributed by atoms with Gasteiger partial charge in [-0.1, -0.05) is 12.1 Å². The average molecular weight is 382 g/mol. The van der Waals surface area contributed by atoms with Crippen LogP contribution in [0.3, 0.4) is 0 Å². The summed E-state index contributed by atoms with van der Waals surface area (Å²) in [5.74, 6) is 0.488. The van der Waals surface area contributed by atoms with Gasteiger partial charge in [0.15, 0.2) is 5.78 Å². The van der Waals surface area contributed by atoms with Crippen LogP contribution in [0, 0.1) is 0 Å². The van der Waals surface area contributed by atoms with Crippen molar-refractivity contribution < 1.29 is 19.1 Å². The molecule has 0 heterocycles. The molecule has 0 aromatic heterocycles. The number of benzene rings is 2. The van der Waals surface area contributed by atoms with E-state index in [4.69, 9.17) is 4.74 Å². The number of nitrogens with zero attached hydrogens (tertiary/aromatic N) is 1. The second kappa shape index (κ2) is 10.3. The maximum atomic E-state index is 12.1. The van der Waals surface area contributed by atoms with Crippen LogP contribution in [0.15, 0.2) is 48.5 Å². The first-order valence-corrected chi connectivity index (χ1v) is 9.19. The molecular formula is C22H26N2O4. The molecule has 28 heavy (non-hydrogen) atoms. The summed E-state index contributed by atoms with van der Waals surface area (Å²) >= 11 is 0. The number of anilines is 1. The minimum absolute atomic E-state index is 0.0312. The average Bonchev–Trinajstić information content (AvgIpc) is 2.68. The molecule has 0 aliphatic rings. The van der Waals surface area contributed by atoms with Gasteiger partial charge in [-0.15, -0.1) is 0 Å². The van der Waals surface area contributed by atoms with E-state index in [2.05, 4.69) is 5.32 Å². The van der Waals surface area contributed by atoms with Crippen LogP contribution >= 0.6 is 0 Å². The summed E-state index contributed by atoms with van der Waals surface area (Å²) in [5.41, 5.74) is 2.33. The summed E-state index contributed by atoms with van der Waals surface area (Å²) in [4.78, 5) is 37.0. The monoisotopic (exact) mass is 382 g/mol. The van der Waals surface area contributed by atoms with Crippen LogP contribution < -0.4 is 15.0 Å². The van der Waals surface area contributed by atoms with Gasteiger partial charge in [-0.25, -0.2) is 0 Å². The normalized spacial score (nSPS) is 10.2. The SMILES string of the molecule is COc1cccc(CCNC(=O)CCN(C(C)=O)c2ccc(C(C)=O)cc2)c1. The lowest BCUT2D eigenvalue weighted by atomic mass is 10.1. The summed E-state index contributed by atoms with van der Waals surface area (Å²) in [7, 11) is 1.62. The molecule has 0 atom stereocenters. The van der Waals surface area contributed by atoms with Gasteiger partial charge in [0.1, 0.15) is 5.75 Å². The number of carbonyl (C=O) groups excluding carboxylic acids is 3. The summed E-state index contributed by atoms with van der Waals surface area (Å²) in [6, 6.07) is 14.5. The number of amides is 2. The molecule has 0 bridgehead atoms. The van der Waals surface area contributed by atoms with Crippen molar-refractivity contribution in [3.05, 3.63) is 59.7 Å². The molecule has 2 aromatic rings. The van der Waals surface area contributed by atoms with Crippen LogP contribution in [0.1, 0.15) is 36.2 Å². The third-order valence-corrected chi connectivity index (χ3v) is 4.40. The van der Waals surface area contributed by atoms with Gasteiger partial charge in [0.05, 0.1) is 7.11 Å². The Bertz CT molecular complexity index is 831. The van der Waals surface area contributed by atoms with E-state index >= 15 is 0 Å². The van der Waals surface area contributed by atoms with Crippen molar-refractivity contribution in [3.63, 3.8) is 0 Å². The van der Waals surface area contributed by atoms with Crippen molar-refractivity contribution in [2.45, 2.75) is 26.7 Å². The quantitative estimate of drug-likeness (QED) is 0.677. The number of ketones is 1. The van der Waals surface area contributed by atoms with Gasteiger partial charge in [0, 0.05) is 37.7 Å². The molecule has 0 fully saturated rings. The van der Waals surface area contributed by atoms with Crippen LogP contribution in [0.5, 0.6) is 5.75 Å². The lowest BCUT2D eigenvalue weighted by Crippen LogP contribution is -2.34. The highest BCUT2D eigenvalue weighted by atomic mass is 16.5. The van der Waals surface area contributed by atoms with Crippen molar-refractivity contribution in [1.29, 1.82) is 0 Å². The van der Waals surface area contributed by atoms with E-state index in [9.17, 15) is 14.4 Å². The van der Waals surface area contributed by atoms with E-state index in [1.165, 1.54) is 18.7 Å². The van der Waals surface area contributed by atoms with E-state index in [0.29, 0.717) is 24.2 Å². The summed E-state index contributed by atoms with van der Waals surface area (Å²) in [5, 5.41) is 2.88. The Morgan fingerprint density at radius 2 is 1.75 bits per heavy atom. The molecule has 1 N–H and O–H groups in total. The molecule has 0 radical (unpaired) electrons. The number of hydrogen-bond donors (Lipinski definition) is 1. The van der Waals surface area contributed by atoms with Gasteiger partial charge in [0.2, 0.25) is 11.8 Å². The molecule has 0 aliphatic carbocycles. The van der Waals surface area contributed by atoms with E-state index in [1.54, 1.807) is 31.4 Å². The molecule has 6 heteroatoms. The summed E-state index contributed by atoms with van der Waals surface area (Å²) in [6.45, 7) is 3.74. The summed E-state index contributed by atoms with van der Waals surface area (Å²) < 4.78 is 5.19. The summed E-state index contributed by atoms with van der Waals surface area (Å²) in [6.07, 6.45) is 0.901. The fourth-order valence-corrected chi connectivity index (χ4v) is 2.82. The number of carbonyl (C=O) groups is 3. The predicted octanol–water partition coefficient (Wildman–Crippen LogP) is 3.00. The molecule has 148 valence electrons. The molecule has 0 spiro atoms.